The summed E-state index contributed by atoms with van der Waals surface area (Å²) < 4.78 is 0. The standard InChI is InChI=1S/C15H16N2O3S/c18-13(8-4-5-9-14(19)20)17-15-16-10-12(21-15)11-6-2-1-3-7-11/h1-3,6-7,10H,4-5,8-9H2,(H,19,20)(H,16,17,18). The van der Waals surface area contributed by atoms with E-state index in [1.165, 1.54) is 11.3 Å². The molecule has 0 bridgehead atoms. The number of rotatable bonds is 7. The number of carboxylic acid groups (broad SMARTS) is 1. The molecule has 0 atom stereocenters. The van der Waals surface area contributed by atoms with Crippen molar-refractivity contribution in [3.8, 4) is 10.4 Å². The number of carbonyl (C=O) groups is 2. The summed E-state index contributed by atoms with van der Waals surface area (Å²) in [5.74, 6) is -0.961. The highest BCUT2D eigenvalue weighted by Gasteiger charge is 2.08. The molecule has 0 spiro atoms. The number of nitrogens with one attached hydrogen (secondary N) is 1. The summed E-state index contributed by atoms with van der Waals surface area (Å²) in [7, 11) is 0. The molecule has 110 valence electrons. The van der Waals surface area contributed by atoms with Gasteiger partial charge in [0, 0.05) is 19.0 Å². The molecule has 1 aromatic carbocycles. The molecule has 0 radical (unpaired) electrons. The second-order valence-corrected chi connectivity index (χ2v) is 5.58. The summed E-state index contributed by atoms with van der Waals surface area (Å²) >= 11 is 1.42. The van der Waals surface area contributed by atoms with Crippen LogP contribution >= 0.6 is 11.3 Å². The Hall–Kier alpha value is -2.21. The van der Waals surface area contributed by atoms with E-state index in [2.05, 4.69) is 10.3 Å². The normalized spacial score (nSPS) is 10.3. The zero-order valence-electron chi connectivity index (χ0n) is 11.4. The fourth-order valence-corrected chi connectivity index (χ4v) is 2.65. The summed E-state index contributed by atoms with van der Waals surface area (Å²) in [6.45, 7) is 0. The molecular formula is C15H16N2O3S. The Labute approximate surface area is 126 Å². The van der Waals surface area contributed by atoms with Crippen LogP contribution in [-0.4, -0.2) is 22.0 Å². The van der Waals surface area contributed by atoms with Crippen LogP contribution in [0.5, 0.6) is 0 Å². The smallest absolute Gasteiger partial charge is 0.303 e. The van der Waals surface area contributed by atoms with Crippen LogP contribution in [0.2, 0.25) is 0 Å². The minimum atomic E-state index is -0.831. The topological polar surface area (TPSA) is 79.3 Å². The molecule has 0 unspecified atom stereocenters. The lowest BCUT2D eigenvalue weighted by atomic mass is 10.2. The molecule has 0 aliphatic heterocycles. The van der Waals surface area contributed by atoms with Crippen molar-refractivity contribution in [3.05, 3.63) is 36.5 Å². The summed E-state index contributed by atoms with van der Waals surface area (Å²) in [5.41, 5.74) is 1.07. The molecule has 1 amide bonds. The van der Waals surface area contributed by atoms with Gasteiger partial charge in [-0.3, -0.25) is 9.59 Å². The number of hydrogen-bond acceptors (Lipinski definition) is 4. The van der Waals surface area contributed by atoms with Crippen LogP contribution in [0.3, 0.4) is 0 Å². The van der Waals surface area contributed by atoms with Crippen molar-refractivity contribution in [2.45, 2.75) is 25.7 Å². The quantitative estimate of drug-likeness (QED) is 0.768. The van der Waals surface area contributed by atoms with E-state index in [4.69, 9.17) is 5.11 Å². The van der Waals surface area contributed by atoms with Gasteiger partial charge in [-0.25, -0.2) is 4.98 Å². The van der Waals surface area contributed by atoms with E-state index < -0.39 is 5.97 Å². The predicted octanol–water partition coefficient (Wildman–Crippen LogP) is 3.39. The molecule has 0 aliphatic rings. The Balaban J connectivity index is 1.82. The predicted molar refractivity (Wildman–Crippen MR) is 82.3 cm³/mol. The lowest BCUT2D eigenvalue weighted by Crippen LogP contribution is -2.10. The molecule has 2 aromatic rings. The number of hydrogen-bond donors (Lipinski definition) is 2. The monoisotopic (exact) mass is 304 g/mol. The maximum absolute atomic E-state index is 11.7. The second-order valence-electron chi connectivity index (χ2n) is 4.54. The van der Waals surface area contributed by atoms with Crippen LogP contribution < -0.4 is 5.32 Å². The maximum atomic E-state index is 11.7. The minimum Gasteiger partial charge on any atom is -0.481 e. The van der Waals surface area contributed by atoms with Crippen molar-refractivity contribution in [2.24, 2.45) is 0 Å². The molecule has 2 N–H and O–H groups in total. The van der Waals surface area contributed by atoms with Gasteiger partial charge < -0.3 is 10.4 Å². The molecule has 6 heteroatoms. The van der Waals surface area contributed by atoms with E-state index in [1.807, 2.05) is 30.3 Å². The van der Waals surface area contributed by atoms with Crippen molar-refractivity contribution in [2.75, 3.05) is 5.32 Å². The highest BCUT2D eigenvalue weighted by molar-refractivity contribution is 7.19. The molecule has 0 fully saturated rings. The number of aliphatic carboxylic acids is 1. The van der Waals surface area contributed by atoms with Gasteiger partial charge in [-0.2, -0.15) is 0 Å². The largest absolute Gasteiger partial charge is 0.481 e. The van der Waals surface area contributed by atoms with E-state index in [1.54, 1.807) is 6.20 Å². The maximum Gasteiger partial charge on any atom is 0.303 e. The van der Waals surface area contributed by atoms with Crippen LogP contribution in [-0.2, 0) is 9.59 Å². The van der Waals surface area contributed by atoms with Crippen molar-refractivity contribution >= 4 is 28.3 Å². The summed E-state index contributed by atoms with van der Waals surface area (Å²) in [5, 5.41) is 11.8. The van der Waals surface area contributed by atoms with E-state index >= 15 is 0 Å². The van der Waals surface area contributed by atoms with Gasteiger partial charge >= 0.3 is 5.97 Å². The van der Waals surface area contributed by atoms with Crippen molar-refractivity contribution < 1.29 is 14.7 Å². The summed E-state index contributed by atoms with van der Waals surface area (Å²) in [6.07, 6.45) is 3.22. The lowest BCUT2D eigenvalue weighted by molar-refractivity contribution is -0.137. The van der Waals surface area contributed by atoms with Gasteiger partial charge in [0.05, 0.1) is 4.88 Å². The van der Waals surface area contributed by atoms with Gasteiger partial charge in [0.1, 0.15) is 0 Å². The molecule has 5 nitrogen and oxygen atoms in total. The van der Waals surface area contributed by atoms with Crippen molar-refractivity contribution in [1.82, 2.24) is 4.98 Å². The van der Waals surface area contributed by atoms with Crippen LogP contribution in [0.1, 0.15) is 25.7 Å². The number of unbranched alkanes of at least 4 members (excludes halogenated alkanes) is 1. The van der Waals surface area contributed by atoms with Crippen LogP contribution in [0, 0.1) is 0 Å². The average molecular weight is 304 g/mol. The van der Waals surface area contributed by atoms with Gasteiger partial charge in [-0.1, -0.05) is 41.7 Å². The fourth-order valence-electron chi connectivity index (χ4n) is 1.81. The Morgan fingerprint density at radius 3 is 2.57 bits per heavy atom. The first-order valence-corrected chi connectivity index (χ1v) is 7.49. The SMILES string of the molecule is O=C(O)CCCCC(=O)Nc1ncc(-c2ccccc2)s1. The Kier molecular flexibility index (Phi) is 5.45. The van der Waals surface area contributed by atoms with Crippen LogP contribution in [0.15, 0.2) is 36.5 Å². The molecule has 0 saturated carbocycles. The average Bonchev–Trinajstić information content (AvgIpc) is 2.93. The molecule has 2 rings (SSSR count). The number of benzene rings is 1. The molecule has 0 saturated heterocycles. The first-order valence-electron chi connectivity index (χ1n) is 6.68. The van der Waals surface area contributed by atoms with Gasteiger partial charge in [0.25, 0.3) is 0 Å². The number of anilines is 1. The molecule has 21 heavy (non-hydrogen) atoms. The number of amides is 1. The first-order chi connectivity index (χ1) is 10.1. The van der Waals surface area contributed by atoms with E-state index in [-0.39, 0.29) is 12.3 Å². The van der Waals surface area contributed by atoms with Crippen molar-refractivity contribution in [1.29, 1.82) is 0 Å². The van der Waals surface area contributed by atoms with Gasteiger partial charge in [0.2, 0.25) is 5.91 Å². The fraction of sp³-hybridized carbons (Fsp3) is 0.267. The first kappa shape index (κ1) is 15.2. The number of carboxylic acids is 1. The number of aromatic nitrogens is 1. The molecule has 1 heterocycles. The Morgan fingerprint density at radius 2 is 1.86 bits per heavy atom. The number of carbonyl (C=O) groups excluding carboxylic acids is 1. The summed E-state index contributed by atoms with van der Waals surface area (Å²) in [6, 6.07) is 9.84. The second kappa shape index (κ2) is 7.54. The Morgan fingerprint density at radius 1 is 1.14 bits per heavy atom. The Bertz CT molecular complexity index is 610. The highest BCUT2D eigenvalue weighted by Crippen LogP contribution is 2.28. The van der Waals surface area contributed by atoms with Crippen LogP contribution in [0.25, 0.3) is 10.4 Å². The molecule has 0 aliphatic carbocycles. The zero-order valence-corrected chi connectivity index (χ0v) is 12.2. The van der Waals surface area contributed by atoms with E-state index in [0.717, 1.165) is 10.4 Å². The third-order valence-corrected chi connectivity index (χ3v) is 3.82. The van der Waals surface area contributed by atoms with Gasteiger partial charge in [-0.05, 0) is 18.4 Å². The third-order valence-electron chi connectivity index (χ3n) is 2.85. The molecule has 1 aromatic heterocycles. The zero-order chi connectivity index (χ0) is 15.1. The van der Waals surface area contributed by atoms with E-state index in [9.17, 15) is 9.59 Å². The lowest BCUT2D eigenvalue weighted by Gasteiger charge is -2.00. The minimum absolute atomic E-state index is 0.0999. The van der Waals surface area contributed by atoms with Crippen molar-refractivity contribution in [3.63, 3.8) is 0 Å². The van der Waals surface area contributed by atoms with Gasteiger partial charge in [0.15, 0.2) is 5.13 Å². The van der Waals surface area contributed by atoms with Gasteiger partial charge in [-0.15, -0.1) is 0 Å². The number of thiazole rings is 1. The van der Waals surface area contributed by atoms with E-state index in [0.29, 0.717) is 24.4 Å². The van der Waals surface area contributed by atoms with Crippen LogP contribution in [0.4, 0.5) is 5.13 Å². The third kappa shape index (κ3) is 5.00. The number of nitrogens with zero attached hydrogens (tertiary/aromatic N) is 1. The molecular weight excluding hydrogens is 288 g/mol. The summed E-state index contributed by atoms with van der Waals surface area (Å²) in [4.78, 5) is 27.3. The highest BCUT2D eigenvalue weighted by atomic mass is 32.1.